The lowest BCUT2D eigenvalue weighted by molar-refractivity contribution is 1.22. The third kappa shape index (κ3) is 6.96. The molecule has 0 aromatic carbocycles. The van der Waals surface area contributed by atoms with Crippen molar-refractivity contribution in [2.75, 3.05) is 0 Å². The van der Waals surface area contributed by atoms with Gasteiger partial charge in [-0.2, -0.15) is 0 Å². The Kier molecular flexibility index (Phi) is 4.44. The molecule has 0 atom stereocenters. The Hall–Kier alpha value is 0.961. The molecule has 0 aliphatic rings. The van der Waals surface area contributed by atoms with Gasteiger partial charge in [0.2, 0.25) is 0 Å². The number of nitrogens with zero attached hydrogens (tertiary/aromatic N) is 1. The second kappa shape index (κ2) is 3.90. The molecule has 0 bridgehead atoms. The summed E-state index contributed by atoms with van der Waals surface area (Å²) < 4.78 is 2.23. The first-order valence-corrected chi connectivity index (χ1v) is 10.0. The molecule has 0 rings (SSSR count). The largest absolute Gasteiger partial charge is 0.311 e. The van der Waals surface area contributed by atoms with Crippen molar-refractivity contribution < 1.29 is 0 Å². The molecule has 0 aromatic rings. The Morgan fingerprint density at radius 2 is 2.14 bits per heavy atom. The van der Waals surface area contributed by atoms with E-state index < -0.39 is 0 Å². The van der Waals surface area contributed by atoms with Crippen molar-refractivity contribution in [2.24, 2.45) is 0 Å². The summed E-state index contributed by atoms with van der Waals surface area (Å²) in [7, 11) is 1.13. The van der Waals surface area contributed by atoms with E-state index in [9.17, 15) is 0 Å². The summed E-state index contributed by atoms with van der Waals surface area (Å²) in [4.78, 5) is 0. The minimum absolute atomic E-state index is 0.179. The number of hydrogen-bond donors (Lipinski definition) is 1. The lowest BCUT2D eigenvalue weighted by Gasteiger charge is -2.07. The van der Waals surface area contributed by atoms with E-state index in [4.69, 9.17) is 0 Å². The van der Waals surface area contributed by atoms with Gasteiger partial charge in [0.25, 0.3) is 0 Å². The maximum atomic E-state index is 4.23. The van der Waals surface area contributed by atoms with E-state index in [-0.39, 0.29) is 17.5 Å². The second-order valence-corrected chi connectivity index (χ2v) is 16.6. The number of rotatable bonds is 2. The van der Waals surface area contributed by atoms with Crippen LogP contribution in [-0.4, -0.2) is 31.6 Å². The zero-order chi connectivity index (χ0) is 5.86. The van der Waals surface area contributed by atoms with Crippen LogP contribution in [0.5, 0.6) is 0 Å². The SMILES string of the molecule is C[SiH](C)[SiH2]N([SiH3])S. The van der Waals surface area contributed by atoms with Crippen LogP contribution in [-0.2, 0) is 0 Å². The summed E-state index contributed by atoms with van der Waals surface area (Å²) in [5.41, 5.74) is 0. The molecule has 0 heterocycles. The van der Waals surface area contributed by atoms with Crippen LogP contribution >= 0.6 is 12.8 Å². The summed E-state index contributed by atoms with van der Waals surface area (Å²) in [5.74, 6) is 0. The van der Waals surface area contributed by atoms with Gasteiger partial charge in [-0.15, -0.1) is 12.8 Å². The minimum Gasteiger partial charge on any atom is -0.311 e. The van der Waals surface area contributed by atoms with Gasteiger partial charge in [0, 0.05) is 8.31 Å². The minimum atomic E-state index is -0.205. The van der Waals surface area contributed by atoms with Crippen molar-refractivity contribution in [3.05, 3.63) is 0 Å². The van der Waals surface area contributed by atoms with Crippen molar-refractivity contribution >= 4 is 40.7 Å². The van der Waals surface area contributed by atoms with Crippen molar-refractivity contribution in [1.82, 2.24) is 3.64 Å². The van der Waals surface area contributed by atoms with Gasteiger partial charge < -0.3 is 3.64 Å². The smallest absolute Gasteiger partial charge is 0.0858 e. The fourth-order valence-electron chi connectivity index (χ4n) is 0.528. The predicted molar refractivity (Wildman–Crippen MR) is 48.2 cm³/mol. The average molecular weight is 167 g/mol. The second-order valence-electron chi connectivity index (χ2n) is 2.23. The van der Waals surface area contributed by atoms with Crippen LogP contribution in [0.4, 0.5) is 0 Å². The summed E-state index contributed by atoms with van der Waals surface area (Å²) in [5, 5.41) is 0. The zero-order valence-corrected chi connectivity index (χ0v) is 10.6. The van der Waals surface area contributed by atoms with E-state index in [1.54, 1.807) is 0 Å². The Morgan fingerprint density at radius 3 is 2.14 bits per heavy atom. The first-order valence-electron chi connectivity index (χ1n) is 2.53. The molecule has 0 aromatic heterocycles. The lowest BCUT2D eigenvalue weighted by Crippen LogP contribution is -2.26. The molecule has 0 N–H and O–H groups in total. The van der Waals surface area contributed by atoms with Crippen LogP contribution in [0.1, 0.15) is 0 Å². The maximum Gasteiger partial charge on any atom is 0.0858 e. The predicted octanol–water partition coefficient (Wildman–Crippen LogP) is -1.52. The number of hydrogen-bond acceptors (Lipinski definition) is 2. The molecule has 0 aliphatic carbocycles. The van der Waals surface area contributed by atoms with Crippen LogP contribution in [0, 0.1) is 0 Å². The molecule has 5 heteroatoms. The summed E-state index contributed by atoms with van der Waals surface area (Å²) in [6, 6.07) is 0. The molecule has 0 fully saturated rings. The van der Waals surface area contributed by atoms with Gasteiger partial charge in [0.1, 0.15) is 0 Å². The topological polar surface area (TPSA) is 3.24 Å². The van der Waals surface area contributed by atoms with E-state index in [1.165, 1.54) is 0 Å². The first-order chi connectivity index (χ1) is 3.13. The molecule has 0 amide bonds. The average Bonchev–Trinajstić information content (AvgIpc) is 1.27. The van der Waals surface area contributed by atoms with Crippen LogP contribution in [0.15, 0.2) is 0 Å². The molecule has 0 spiro atoms. The highest BCUT2D eigenvalue weighted by molar-refractivity contribution is 7.80. The molecular weight excluding hydrogens is 154 g/mol. The fraction of sp³-hybridized carbons (Fsp3) is 1.00. The van der Waals surface area contributed by atoms with E-state index in [0.29, 0.717) is 0 Å². The maximum absolute atomic E-state index is 4.23. The van der Waals surface area contributed by atoms with Crippen molar-refractivity contribution in [2.45, 2.75) is 13.1 Å². The van der Waals surface area contributed by atoms with Crippen molar-refractivity contribution in [3.8, 4) is 0 Å². The van der Waals surface area contributed by atoms with Gasteiger partial charge in [-0.05, 0) is 0 Å². The van der Waals surface area contributed by atoms with Crippen LogP contribution in [0.2, 0.25) is 13.1 Å². The van der Waals surface area contributed by atoms with E-state index in [2.05, 4.69) is 29.5 Å². The molecule has 1 nitrogen and oxygen atoms in total. The van der Waals surface area contributed by atoms with Crippen LogP contribution in [0.25, 0.3) is 0 Å². The van der Waals surface area contributed by atoms with Gasteiger partial charge >= 0.3 is 0 Å². The Labute approximate surface area is 57.8 Å². The fourth-order valence-corrected chi connectivity index (χ4v) is 14.3. The zero-order valence-electron chi connectivity index (χ0n) is 5.18. The molecule has 0 saturated heterocycles. The number of thiol groups is 1. The Bertz CT molecular complexity index is 42.2. The quantitative estimate of drug-likeness (QED) is 0.386. The first kappa shape index (κ1) is 7.96. The normalized spacial score (nSPS) is 13.3. The molecule has 0 unspecified atom stereocenters. The van der Waals surface area contributed by atoms with Gasteiger partial charge in [-0.3, -0.25) is 0 Å². The van der Waals surface area contributed by atoms with E-state index in [1.807, 2.05) is 0 Å². The molecule has 0 radical (unpaired) electrons. The molecule has 0 saturated carbocycles. The molecule has 0 aliphatic heterocycles. The van der Waals surface area contributed by atoms with Gasteiger partial charge in [0.05, 0.1) is 19.6 Å². The third-order valence-electron chi connectivity index (χ3n) is 0.629. The highest BCUT2D eigenvalue weighted by Crippen LogP contribution is 1.83. The monoisotopic (exact) mass is 167 g/mol. The lowest BCUT2D eigenvalue weighted by atomic mass is 11.9. The van der Waals surface area contributed by atoms with E-state index in [0.717, 1.165) is 10.4 Å². The summed E-state index contributed by atoms with van der Waals surface area (Å²) in [6.45, 7) is 4.79. The van der Waals surface area contributed by atoms with E-state index >= 15 is 0 Å². The third-order valence-corrected chi connectivity index (χ3v) is 10.4. The Balaban J connectivity index is 2.95. The highest BCUT2D eigenvalue weighted by Gasteiger charge is 1.96. The highest BCUT2D eigenvalue weighted by atomic mass is 32.1. The summed E-state index contributed by atoms with van der Waals surface area (Å²) >= 11 is 4.23. The van der Waals surface area contributed by atoms with Gasteiger partial charge in [-0.25, -0.2) is 0 Å². The molecule has 7 heavy (non-hydrogen) atoms. The summed E-state index contributed by atoms with van der Waals surface area (Å²) in [6.07, 6.45) is 0. The Morgan fingerprint density at radius 1 is 1.71 bits per heavy atom. The van der Waals surface area contributed by atoms with Gasteiger partial charge in [-0.1, -0.05) is 13.1 Å². The van der Waals surface area contributed by atoms with Crippen molar-refractivity contribution in [3.63, 3.8) is 0 Å². The molecule has 44 valence electrons. The van der Waals surface area contributed by atoms with Crippen LogP contribution in [0.3, 0.4) is 0 Å². The van der Waals surface area contributed by atoms with Crippen molar-refractivity contribution in [1.29, 1.82) is 0 Å². The standard InChI is InChI=1S/C2H13NSSi3/c1-7(2)6-3(4)5/h4,7H,6H2,1-2,5H3. The van der Waals surface area contributed by atoms with Crippen LogP contribution < -0.4 is 0 Å². The van der Waals surface area contributed by atoms with Gasteiger partial charge in [0.15, 0.2) is 0 Å². The molecular formula is C2H13NSSi3.